The zero-order chi connectivity index (χ0) is 9.14. The molecule has 0 saturated heterocycles. The molecule has 2 unspecified atom stereocenters. The van der Waals surface area contributed by atoms with E-state index in [0.717, 1.165) is 3.58 Å². The number of allylic oxidation sites excluding steroid dienone is 4. The third-order valence-corrected chi connectivity index (χ3v) is 2.52. The molecule has 0 aromatic carbocycles. The fourth-order valence-corrected chi connectivity index (χ4v) is 2.11. The molecule has 0 aliphatic heterocycles. The van der Waals surface area contributed by atoms with Gasteiger partial charge >= 0.3 is 0 Å². The van der Waals surface area contributed by atoms with E-state index in [1.54, 1.807) is 6.08 Å². The predicted molar refractivity (Wildman–Crippen MR) is 54.1 cm³/mol. The van der Waals surface area contributed by atoms with Crippen LogP contribution in [0.25, 0.3) is 0 Å². The number of nitriles is 2. The van der Waals surface area contributed by atoms with Gasteiger partial charge in [-0.1, -0.05) is 13.0 Å². The van der Waals surface area contributed by atoms with Gasteiger partial charge in [0.2, 0.25) is 0 Å². The summed E-state index contributed by atoms with van der Waals surface area (Å²) in [7, 11) is 0. The number of halogens is 1. The van der Waals surface area contributed by atoms with Crippen molar-refractivity contribution in [3.8, 4) is 12.1 Å². The van der Waals surface area contributed by atoms with Crippen molar-refractivity contribution in [2.45, 2.75) is 6.92 Å². The fourth-order valence-electron chi connectivity index (χ4n) is 1.21. The number of hydrogen-bond acceptors (Lipinski definition) is 2. The zero-order valence-corrected chi connectivity index (χ0v) is 8.74. The molecule has 0 amide bonds. The Labute approximate surface area is 85.3 Å². The minimum atomic E-state index is -0.256. The van der Waals surface area contributed by atoms with E-state index in [1.807, 2.05) is 13.0 Å². The highest BCUT2D eigenvalue weighted by Crippen LogP contribution is 2.30. The summed E-state index contributed by atoms with van der Waals surface area (Å²) < 4.78 is 1.04. The summed E-state index contributed by atoms with van der Waals surface area (Å²) in [5, 5.41) is 17.5. The van der Waals surface area contributed by atoms with Gasteiger partial charge in [-0.05, 0) is 34.6 Å². The van der Waals surface area contributed by atoms with Gasteiger partial charge < -0.3 is 0 Å². The molecule has 2 nitrogen and oxygen atoms in total. The second-order valence-electron chi connectivity index (χ2n) is 2.73. The smallest absolute Gasteiger partial charge is 0.0961 e. The van der Waals surface area contributed by atoms with Gasteiger partial charge in [-0.25, -0.2) is 0 Å². The first-order chi connectivity index (χ1) is 5.69. The van der Waals surface area contributed by atoms with Gasteiger partial charge in [0.25, 0.3) is 0 Å². The molecule has 3 heteroatoms. The Bertz CT molecular complexity index is 327. The van der Waals surface area contributed by atoms with Crippen LogP contribution in [-0.4, -0.2) is 0 Å². The molecular weight excluding hydrogens is 263 g/mol. The Hall–Kier alpha value is -0.810. The van der Waals surface area contributed by atoms with Crippen LogP contribution in [0.15, 0.2) is 21.3 Å². The highest BCUT2D eigenvalue weighted by molar-refractivity contribution is 14.1. The molecule has 0 bridgehead atoms. The lowest BCUT2D eigenvalue weighted by Gasteiger charge is -2.17. The lowest BCUT2D eigenvalue weighted by molar-refractivity contribution is 0.598. The topological polar surface area (TPSA) is 47.6 Å². The van der Waals surface area contributed by atoms with E-state index in [9.17, 15) is 0 Å². The van der Waals surface area contributed by atoms with Crippen molar-refractivity contribution >= 4 is 22.6 Å². The summed E-state index contributed by atoms with van der Waals surface area (Å²) >= 11 is 2.16. The van der Waals surface area contributed by atoms with Crippen molar-refractivity contribution in [1.29, 1.82) is 10.5 Å². The summed E-state index contributed by atoms with van der Waals surface area (Å²) in [6, 6.07) is 4.20. The lowest BCUT2D eigenvalue weighted by Crippen LogP contribution is -2.12. The van der Waals surface area contributed by atoms with E-state index in [4.69, 9.17) is 10.5 Å². The Morgan fingerprint density at radius 1 is 1.50 bits per heavy atom. The predicted octanol–water partition coefficient (Wildman–Crippen LogP) is 2.54. The maximum Gasteiger partial charge on any atom is 0.0961 e. The van der Waals surface area contributed by atoms with Gasteiger partial charge in [-0.3, -0.25) is 0 Å². The van der Waals surface area contributed by atoms with Crippen LogP contribution >= 0.6 is 22.6 Å². The molecule has 0 fully saturated rings. The van der Waals surface area contributed by atoms with Crippen molar-refractivity contribution in [1.82, 2.24) is 0 Å². The minimum absolute atomic E-state index is 0.154. The quantitative estimate of drug-likeness (QED) is 0.635. The molecule has 0 spiro atoms. The van der Waals surface area contributed by atoms with Crippen LogP contribution < -0.4 is 0 Å². The molecule has 0 saturated carbocycles. The van der Waals surface area contributed by atoms with Crippen LogP contribution in [0.4, 0.5) is 0 Å². The summed E-state index contributed by atoms with van der Waals surface area (Å²) in [6.45, 7) is 1.96. The van der Waals surface area contributed by atoms with Gasteiger partial charge in [0.05, 0.1) is 18.1 Å². The van der Waals surface area contributed by atoms with Gasteiger partial charge in [-0.15, -0.1) is 0 Å². The van der Waals surface area contributed by atoms with Crippen LogP contribution in [0.2, 0.25) is 0 Å². The van der Waals surface area contributed by atoms with Crippen molar-refractivity contribution in [2.24, 2.45) is 11.8 Å². The average molecular weight is 270 g/mol. The summed E-state index contributed by atoms with van der Waals surface area (Å²) in [5.41, 5.74) is 0.580. The van der Waals surface area contributed by atoms with Crippen LogP contribution in [0, 0.1) is 34.5 Å². The van der Waals surface area contributed by atoms with Gasteiger partial charge in [0.15, 0.2) is 0 Å². The van der Waals surface area contributed by atoms with E-state index >= 15 is 0 Å². The van der Waals surface area contributed by atoms with E-state index < -0.39 is 0 Å². The molecule has 12 heavy (non-hydrogen) atoms. The third-order valence-electron chi connectivity index (χ3n) is 1.84. The van der Waals surface area contributed by atoms with Crippen molar-refractivity contribution in [2.75, 3.05) is 0 Å². The first-order valence-electron chi connectivity index (χ1n) is 3.57. The minimum Gasteiger partial charge on any atom is -0.198 e. The normalized spacial score (nSPS) is 28.0. The molecule has 0 aromatic heterocycles. The molecule has 2 atom stereocenters. The fraction of sp³-hybridized carbons (Fsp3) is 0.333. The SMILES string of the molecule is CC1C=C(I)C=C(C#N)C1C#N. The van der Waals surface area contributed by atoms with Crippen LogP contribution in [-0.2, 0) is 0 Å². The summed E-state index contributed by atoms with van der Waals surface area (Å²) in [5.74, 6) is -0.102. The van der Waals surface area contributed by atoms with Crippen molar-refractivity contribution in [3.63, 3.8) is 0 Å². The van der Waals surface area contributed by atoms with Gasteiger partial charge in [0, 0.05) is 9.15 Å². The molecule has 1 aliphatic rings. The third kappa shape index (κ3) is 1.67. The number of hydrogen-bond donors (Lipinski definition) is 0. The molecule has 1 aliphatic carbocycles. The van der Waals surface area contributed by atoms with Gasteiger partial charge in [0.1, 0.15) is 0 Å². The van der Waals surface area contributed by atoms with Gasteiger partial charge in [-0.2, -0.15) is 10.5 Å². The Kier molecular flexibility index (Phi) is 2.88. The number of rotatable bonds is 0. The molecule has 0 aromatic rings. The lowest BCUT2D eigenvalue weighted by atomic mass is 9.85. The van der Waals surface area contributed by atoms with E-state index in [-0.39, 0.29) is 11.8 Å². The standard InChI is InChI=1S/C9H7IN2/c1-6-2-8(10)3-7(4-11)9(6)5-12/h2-3,6,9H,1H3. The number of nitrogens with zero attached hydrogens (tertiary/aromatic N) is 2. The second kappa shape index (κ2) is 3.73. The molecule has 60 valence electrons. The van der Waals surface area contributed by atoms with Crippen LogP contribution in [0.5, 0.6) is 0 Å². The summed E-state index contributed by atoms with van der Waals surface area (Å²) in [4.78, 5) is 0. The zero-order valence-electron chi connectivity index (χ0n) is 6.58. The maximum atomic E-state index is 8.78. The van der Waals surface area contributed by atoms with E-state index in [1.165, 1.54) is 0 Å². The first kappa shape index (κ1) is 9.28. The molecule has 0 heterocycles. The Morgan fingerprint density at radius 2 is 2.17 bits per heavy atom. The first-order valence-corrected chi connectivity index (χ1v) is 4.65. The largest absolute Gasteiger partial charge is 0.198 e. The highest BCUT2D eigenvalue weighted by Gasteiger charge is 2.23. The monoisotopic (exact) mass is 270 g/mol. The molecule has 0 N–H and O–H groups in total. The van der Waals surface area contributed by atoms with Crippen molar-refractivity contribution in [3.05, 3.63) is 21.3 Å². The van der Waals surface area contributed by atoms with Crippen LogP contribution in [0.1, 0.15) is 6.92 Å². The van der Waals surface area contributed by atoms with E-state index in [2.05, 4.69) is 34.7 Å². The van der Waals surface area contributed by atoms with Crippen LogP contribution in [0.3, 0.4) is 0 Å². The Morgan fingerprint density at radius 3 is 2.67 bits per heavy atom. The maximum absolute atomic E-state index is 8.78. The highest BCUT2D eigenvalue weighted by atomic mass is 127. The van der Waals surface area contributed by atoms with Crippen molar-refractivity contribution < 1.29 is 0 Å². The second-order valence-corrected chi connectivity index (χ2v) is 3.97. The molecule has 0 radical (unpaired) electrons. The summed E-state index contributed by atoms with van der Waals surface area (Å²) in [6.07, 6.45) is 3.78. The van der Waals surface area contributed by atoms with E-state index in [0.29, 0.717) is 5.57 Å². The molecule has 1 rings (SSSR count). The Balaban J connectivity index is 3.05. The average Bonchev–Trinajstić information content (AvgIpc) is 2.03. The molecular formula is C9H7IN2.